The summed E-state index contributed by atoms with van der Waals surface area (Å²) in [5, 5.41) is 9.71. The van der Waals surface area contributed by atoms with Crippen LogP contribution in [0.25, 0.3) is 0 Å². The number of carbonyl (C=O) groups is 2. The van der Waals surface area contributed by atoms with Crippen molar-refractivity contribution in [3.8, 4) is 5.75 Å². The molecule has 1 N–H and O–H groups in total. The molecule has 2 fully saturated rings. The molecule has 6 nitrogen and oxygen atoms in total. The number of methoxy groups -OCH3 is 1. The molecule has 1 spiro atoms. The van der Waals surface area contributed by atoms with Gasteiger partial charge in [0.1, 0.15) is 5.75 Å². The summed E-state index contributed by atoms with van der Waals surface area (Å²) in [6.07, 6.45) is 1.95. The van der Waals surface area contributed by atoms with Crippen LogP contribution >= 0.6 is 0 Å². The van der Waals surface area contributed by atoms with Gasteiger partial charge >= 0.3 is 6.09 Å². The SMILES string of the molecule is COC(=O)N1CC[C@]23c4c5ccc(CO)c4O[C@H]2C(=O)CCC3[C@H]1C5. The van der Waals surface area contributed by atoms with Crippen LogP contribution in [0.15, 0.2) is 12.1 Å². The summed E-state index contributed by atoms with van der Waals surface area (Å²) in [5.74, 6) is 1.07. The number of Topliss-reactive ketones (excluding diaryl/α,β-unsaturated/α-hetero) is 1. The van der Waals surface area contributed by atoms with Crippen LogP contribution in [0.2, 0.25) is 0 Å². The number of benzene rings is 1. The van der Waals surface area contributed by atoms with E-state index >= 15 is 0 Å². The van der Waals surface area contributed by atoms with Gasteiger partial charge in [-0.2, -0.15) is 0 Å². The van der Waals surface area contributed by atoms with E-state index in [-0.39, 0.29) is 35.9 Å². The highest BCUT2D eigenvalue weighted by atomic mass is 16.5. The van der Waals surface area contributed by atoms with Crippen LogP contribution in [0, 0.1) is 5.92 Å². The van der Waals surface area contributed by atoms with Gasteiger partial charge in [0.15, 0.2) is 11.9 Å². The third-order valence-electron chi connectivity index (χ3n) is 6.79. The maximum atomic E-state index is 12.7. The molecular weight excluding hydrogens is 322 g/mol. The fraction of sp³-hybridized carbons (Fsp3) is 0.579. The van der Waals surface area contributed by atoms with E-state index in [1.165, 1.54) is 7.11 Å². The molecular formula is C19H21NO5. The second-order valence-corrected chi connectivity index (χ2v) is 7.58. The van der Waals surface area contributed by atoms with Crippen molar-refractivity contribution in [2.75, 3.05) is 13.7 Å². The highest BCUT2D eigenvalue weighted by Crippen LogP contribution is 2.62. The van der Waals surface area contributed by atoms with E-state index in [1.54, 1.807) is 0 Å². The molecule has 25 heavy (non-hydrogen) atoms. The number of aliphatic hydroxyl groups is 1. The summed E-state index contributed by atoms with van der Waals surface area (Å²) in [6.45, 7) is 0.477. The van der Waals surface area contributed by atoms with Crippen molar-refractivity contribution in [1.29, 1.82) is 0 Å². The van der Waals surface area contributed by atoms with Gasteiger partial charge in [-0.3, -0.25) is 4.79 Å². The molecule has 1 aromatic rings. The number of ketones is 1. The van der Waals surface area contributed by atoms with Gasteiger partial charge < -0.3 is 19.5 Å². The van der Waals surface area contributed by atoms with Gasteiger partial charge in [-0.1, -0.05) is 12.1 Å². The highest BCUT2D eigenvalue weighted by Gasteiger charge is 2.66. The van der Waals surface area contributed by atoms with Crippen LogP contribution < -0.4 is 4.74 Å². The predicted molar refractivity (Wildman–Crippen MR) is 87.4 cm³/mol. The van der Waals surface area contributed by atoms with Crippen LogP contribution in [0.3, 0.4) is 0 Å². The van der Waals surface area contributed by atoms with Gasteiger partial charge in [-0.15, -0.1) is 0 Å². The fourth-order valence-electron chi connectivity index (χ4n) is 5.87. The molecule has 4 aliphatic rings. The Balaban J connectivity index is 1.73. The molecule has 0 radical (unpaired) electrons. The first-order chi connectivity index (χ1) is 12.1. The Morgan fingerprint density at radius 2 is 2.32 bits per heavy atom. The molecule has 1 aromatic carbocycles. The lowest BCUT2D eigenvalue weighted by Gasteiger charge is -2.57. The quantitative estimate of drug-likeness (QED) is 0.837. The Kier molecular flexibility index (Phi) is 3.02. The second kappa shape index (κ2) is 4.97. The summed E-state index contributed by atoms with van der Waals surface area (Å²) < 4.78 is 11.2. The van der Waals surface area contributed by atoms with Crippen LogP contribution in [0.5, 0.6) is 5.75 Å². The zero-order valence-corrected chi connectivity index (χ0v) is 14.2. The van der Waals surface area contributed by atoms with Crippen molar-refractivity contribution >= 4 is 11.9 Å². The van der Waals surface area contributed by atoms with Crippen LogP contribution in [0.1, 0.15) is 36.0 Å². The Labute approximate surface area is 145 Å². The first-order valence-electron chi connectivity index (χ1n) is 8.92. The Bertz CT molecular complexity index is 790. The maximum Gasteiger partial charge on any atom is 0.409 e. The molecule has 2 aliphatic carbocycles. The lowest BCUT2D eigenvalue weighted by Crippen LogP contribution is -2.66. The molecule has 2 bridgehead atoms. The smallest absolute Gasteiger partial charge is 0.409 e. The molecule has 4 atom stereocenters. The maximum absolute atomic E-state index is 12.7. The van der Waals surface area contributed by atoms with E-state index < -0.39 is 6.10 Å². The third-order valence-corrected chi connectivity index (χ3v) is 6.79. The largest absolute Gasteiger partial charge is 0.481 e. The number of hydrogen-bond donors (Lipinski definition) is 1. The van der Waals surface area contributed by atoms with Crippen LogP contribution in [-0.2, 0) is 28.0 Å². The minimum Gasteiger partial charge on any atom is -0.481 e. The standard InChI is InChI=1S/C19H21NO5/c1-24-18(23)20-7-6-19-12-4-5-14(22)17(19)25-16-11(9-21)3-2-10(15(16)19)8-13(12)20/h2-3,12-13,17,21H,4-9H2,1H3/t12?,13-,17+,19+/m1/s1. The number of aliphatic hydroxyl groups excluding tert-OH is 1. The summed E-state index contributed by atoms with van der Waals surface area (Å²) in [4.78, 5) is 26.8. The molecule has 132 valence electrons. The van der Waals surface area contributed by atoms with Crippen molar-refractivity contribution < 1.29 is 24.2 Å². The van der Waals surface area contributed by atoms with Gasteiger partial charge in [-0.05, 0) is 30.7 Å². The number of likely N-dealkylation sites (tertiary alicyclic amines) is 1. The fourth-order valence-corrected chi connectivity index (χ4v) is 5.87. The number of nitrogens with zero attached hydrogens (tertiary/aromatic N) is 1. The van der Waals surface area contributed by atoms with E-state index in [2.05, 4.69) is 0 Å². The third kappa shape index (κ3) is 1.68. The van der Waals surface area contributed by atoms with E-state index in [1.807, 2.05) is 17.0 Å². The number of ether oxygens (including phenoxy) is 2. The molecule has 6 heteroatoms. The monoisotopic (exact) mass is 343 g/mol. The molecule has 1 unspecified atom stereocenters. The topological polar surface area (TPSA) is 76.1 Å². The van der Waals surface area contributed by atoms with Crippen molar-refractivity contribution in [2.45, 2.75) is 49.9 Å². The summed E-state index contributed by atoms with van der Waals surface area (Å²) >= 11 is 0. The molecule has 2 heterocycles. The molecule has 0 aromatic heterocycles. The van der Waals surface area contributed by atoms with Crippen molar-refractivity contribution in [1.82, 2.24) is 4.90 Å². The lowest BCUT2D eigenvalue weighted by atomic mass is 9.51. The summed E-state index contributed by atoms with van der Waals surface area (Å²) in [6, 6.07) is 3.95. The molecule has 2 aliphatic heterocycles. The van der Waals surface area contributed by atoms with Crippen molar-refractivity contribution in [3.63, 3.8) is 0 Å². The van der Waals surface area contributed by atoms with E-state index in [0.29, 0.717) is 19.4 Å². The number of carbonyl (C=O) groups excluding carboxylic acids is 2. The van der Waals surface area contributed by atoms with Crippen molar-refractivity contribution in [3.05, 3.63) is 28.8 Å². The molecule has 1 amide bonds. The normalized spacial score (nSPS) is 34.4. The van der Waals surface area contributed by atoms with Gasteiger partial charge in [0.2, 0.25) is 0 Å². The molecule has 1 saturated heterocycles. The molecule has 5 rings (SSSR count). The van der Waals surface area contributed by atoms with Gasteiger partial charge in [0.25, 0.3) is 0 Å². The molecule has 1 saturated carbocycles. The number of amides is 1. The van der Waals surface area contributed by atoms with Gasteiger partial charge in [0.05, 0.1) is 13.7 Å². The van der Waals surface area contributed by atoms with Crippen LogP contribution in [-0.4, -0.2) is 47.7 Å². The van der Waals surface area contributed by atoms with Crippen LogP contribution in [0.4, 0.5) is 4.79 Å². The number of piperidine rings is 1. The number of rotatable bonds is 1. The van der Waals surface area contributed by atoms with E-state index in [0.717, 1.165) is 35.3 Å². The minimum atomic E-state index is -0.477. The Morgan fingerprint density at radius 1 is 1.48 bits per heavy atom. The highest BCUT2D eigenvalue weighted by molar-refractivity contribution is 5.89. The first-order valence-corrected chi connectivity index (χ1v) is 8.92. The van der Waals surface area contributed by atoms with Crippen molar-refractivity contribution in [2.24, 2.45) is 5.92 Å². The average molecular weight is 343 g/mol. The van der Waals surface area contributed by atoms with E-state index in [9.17, 15) is 14.7 Å². The van der Waals surface area contributed by atoms with Gasteiger partial charge in [0, 0.05) is 35.5 Å². The Hall–Kier alpha value is -2.08. The first kappa shape index (κ1) is 15.2. The Morgan fingerprint density at radius 3 is 3.08 bits per heavy atom. The zero-order chi connectivity index (χ0) is 17.3. The van der Waals surface area contributed by atoms with Gasteiger partial charge in [-0.25, -0.2) is 4.79 Å². The average Bonchev–Trinajstić information content (AvgIpc) is 2.97. The predicted octanol–water partition coefficient (Wildman–Crippen LogP) is 1.55. The lowest BCUT2D eigenvalue weighted by molar-refractivity contribution is -0.137. The second-order valence-electron chi connectivity index (χ2n) is 7.58. The minimum absolute atomic E-state index is 0.0406. The number of hydrogen-bond acceptors (Lipinski definition) is 5. The summed E-state index contributed by atoms with van der Waals surface area (Å²) in [5.41, 5.74) is 2.67. The summed E-state index contributed by atoms with van der Waals surface area (Å²) in [7, 11) is 1.42. The zero-order valence-electron chi connectivity index (χ0n) is 14.2. The van der Waals surface area contributed by atoms with E-state index in [4.69, 9.17) is 9.47 Å².